The number of carbonyl (C=O) groups is 1. The van der Waals surface area contributed by atoms with Gasteiger partial charge >= 0.3 is 0 Å². The van der Waals surface area contributed by atoms with Crippen molar-refractivity contribution in [1.82, 2.24) is 4.98 Å². The molecule has 1 heterocycles. The first kappa shape index (κ1) is 13.6. The minimum atomic E-state index is -0.336. The molecule has 0 radical (unpaired) electrons. The van der Waals surface area contributed by atoms with Crippen LogP contribution in [0, 0.1) is 6.92 Å². The molecule has 0 aliphatic heterocycles. The van der Waals surface area contributed by atoms with E-state index < -0.39 is 0 Å². The van der Waals surface area contributed by atoms with Gasteiger partial charge in [0.1, 0.15) is 0 Å². The van der Waals surface area contributed by atoms with E-state index in [2.05, 4.69) is 10.3 Å². The van der Waals surface area contributed by atoms with Gasteiger partial charge in [-0.3, -0.25) is 4.79 Å². The number of aromatic nitrogens is 1. The van der Waals surface area contributed by atoms with Crippen LogP contribution in [-0.4, -0.2) is 10.9 Å². The first-order valence-electron chi connectivity index (χ1n) is 6.02. The molecule has 0 aliphatic rings. The van der Waals surface area contributed by atoms with E-state index in [0.717, 1.165) is 0 Å². The Labute approximate surface area is 116 Å². The predicted octanol–water partition coefficient (Wildman–Crippen LogP) is 4.01. The van der Waals surface area contributed by atoms with Crippen LogP contribution in [0.3, 0.4) is 0 Å². The number of hydrogen-bond donors (Lipinski definition) is 1. The van der Waals surface area contributed by atoms with Crippen molar-refractivity contribution in [3.05, 3.63) is 46.6 Å². The van der Waals surface area contributed by atoms with Crippen molar-refractivity contribution in [3.63, 3.8) is 0 Å². The molecule has 2 rings (SSSR count). The normalized spacial score (nSPS) is 10.8. The van der Waals surface area contributed by atoms with E-state index in [0.29, 0.717) is 22.3 Å². The molecule has 0 atom stereocenters. The third-order valence-electron chi connectivity index (χ3n) is 2.64. The number of para-hydroxylation sites is 1. The SMILES string of the molecule is Cc1nc(C(C)C)c(C(=O)Nc2ccccc2Cl)o1. The standard InChI is InChI=1S/C14H15ClN2O2/c1-8(2)12-13(19-9(3)16-12)14(18)17-11-7-5-4-6-10(11)15/h4-8H,1-3H3,(H,17,18). The second-order valence-corrected chi connectivity index (χ2v) is 4.94. The largest absolute Gasteiger partial charge is 0.436 e. The molecule has 1 amide bonds. The summed E-state index contributed by atoms with van der Waals surface area (Å²) in [6.45, 7) is 5.64. The van der Waals surface area contributed by atoms with Gasteiger partial charge in [-0.1, -0.05) is 37.6 Å². The molecule has 5 heteroatoms. The Morgan fingerprint density at radius 1 is 1.37 bits per heavy atom. The van der Waals surface area contributed by atoms with Crippen LogP contribution < -0.4 is 5.32 Å². The number of oxazole rings is 1. The average molecular weight is 279 g/mol. The van der Waals surface area contributed by atoms with E-state index in [-0.39, 0.29) is 17.6 Å². The number of anilines is 1. The molecule has 0 saturated heterocycles. The summed E-state index contributed by atoms with van der Waals surface area (Å²) in [5, 5.41) is 3.21. The van der Waals surface area contributed by atoms with Crippen molar-refractivity contribution < 1.29 is 9.21 Å². The van der Waals surface area contributed by atoms with Gasteiger partial charge in [0.15, 0.2) is 5.89 Å². The fourth-order valence-electron chi connectivity index (χ4n) is 1.74. The van der Waals surface area contributed by atoms with Crippen LogP contribution in [0.15, 0.2) is 28.7 Å². The molecule has 4 nitrogen and oxygen atoms in total. The van der Waals surface area contributed by atoms with Gasteiger partial charge in [-0.2, -0.15) is 0 Å². The zero-order valence-corrected chi connectivity index (χ0v) is 11.8. The Bertz CT molecular complexity index is 605. The van der Waals surface area contributed by atoms with Gasteiger partial charge in [0, 0.05) is 6.92 Å². The molecule has 1 aromatic heterocycles. The molecular formula is C14H15ClN2O2. The van der Waals surface area contributed by atoms with Crippen molar-refractivity contribution in [2.75, 3.05) is 5.32 Å². The number of hydrogen-bond acceptors (Lipinski definition) is 3. The summed E-state index contributed by atoms with van der Waals surface area (Å²) in [6.07, 6.45) is 0. The lowest BCUT2D eigenvalue weighted by Gasteiger charge is -2.07. The van der Waals surface area contributed by atoms with E-state index in [9.17, 15) is 4.79 Å². The Morgan fingerprint density at radius 3 is 2.68 bits per heavy atom. The van der Waals surface area contributed by atoms with E-state index >= 15 is 0 Å². The van der Waals surface area contributed by atoms with Gasteiger partial charge in [-0.15, -0.1) is 0 Å². The second-order valence-electron chi connectivity index (χ2n) is 4.54. The maximum absolute atomic E-state index is 12.2. The summed E-state index contributed by atoms with van der Waals surface area (Å²) in [6, 6.07) is 7.05. The number of amides is 1. The molecule has 2 aromatic rings. The van der Waals surface area contributed by atoms with Crippen LogP contribution in [0.4, 0.5) is 5.69 Å². The highest BCUT2D eigenvalue weighted by Gasteiger charge is 2.21. The van der Waals surface area contributed by atoms with Crippen LogP contribution in [-0.2, 0) is 0 Å². The minimum absolute atomic E-state index is 0.115. The van der Waals surface area contributed by atoms with Gasteiger partial charge < -0.3 is 9.73 Å². The van der Waals surface area contributed by atoms with E-state index in [1.54, 1.807) is 31.2 Å². The van der Waals surface area contributed by atoms with Gasteiger partial charge in [0.25, 0.3) is 5.91 Å². The summed E-state index contributed by atoms with van der Waals surface area (Å²) in [5.74, 6) is 0.502. The van der Waals surface area contributed by atoms with Crippen LogP contribution >= 0.6 is 11.6 Å². The fourth-order valence-corrected chi connectivity index (χ4v) is 1.92. The van der Waals surface area contributed by atoms with Gasteiger partial charge in [-0.25, -0.2) is 4.98 Å². The lowest BCUT2D eigenvalue weighted by molar-refractivity contribution is 0.0993. The average Bonchev–Trinajstić information content (AvgIpc) is 2.74. The van der Waals surface area contributed by atoms with Crippen molar-refractivity contribution in [1.29, 1.82) is 0 Å². The summed E-state index contributed by atoms with van der Waals surface area (Å²) >= 11 is 6.00. The number of carbonyl (C=O) groups excluding carboxylic acids is 1. The molecule has 0 spiro atoms. The lowest BCUT2D eigenvalue weighted by Crippen LogP contribution is -2.14. The number of halogens is 1. The van der Waals surface area contributed by atoms with Crippen molar-refractivity contribution in [3.8, 4) is 0 Å². The first-order chi connectivity index (χ1) is 8.99. The summed E-state index contributed by atoms with van der Waals surface area (Å²) in [7, 11) is 0. The zero-order valence-electron chi connectivity index (χ0n) is 11.0. The van der Waals surface area contributed by atoms with Crippen molar-refractivity contribution in [2.24, 2.45) is 0 Å². The Balaban J connectivity index is 2.28. The van der Waals surface area contributed by atoms with Crippen LogP contribution in [0.5, 0.6) is 0 Å². The highest BCUT2D eigenvalue weighted by molar-refractivity contribution is 6.33. The van der Waals surface area contributed by atoms with Gasteiger partial charge in [-0.05, 0) is 18.1 Å². The number of aryl methyl sites for hydroxylation is 1. The quantitative estimate of drug-likeness (QED) is 0.923. The number of nitrogens with zero attached hydrogens (tertiary/aromatic N) is 1. The third-order valence-corrected chi connectivity index (χ3v) is 2.97. The summed E-state index contributed by atoms with van der Waals surface area (Å²) < 4.78 is 5.38. The van der Waals surface area contributed by atoms with E-state index in [1.807, 2.05) is 13.8 Å². The highest BCUT2D eigenvalue weighted by atomic mass is 35.5. The predicted molar refractivity (Wildman–Crippen MR) is 74.7 cm³/mol. The van der Waals surface area contributed by atoms with E-state index in [4.69, 9.17) is 16.0 Å². The van der Waals surface area contributed by atoms with Gasteiger partial charge in [0.05, 0.1) is 16.4 Å². The molecule has 0 aliphatic carbocycles. The fraction of sp³-hybridized carbons (Fsp3) is 0.286. The molecule has 0 unspecified atom stereocenters. The highest BCUT2D eigenvalue weighted by Crippen LogP contribution is 2.24. The molecule has 0 bridgehead atoms. The molecule has 0 fully saturated rings. The van der Waals surface area contributed by atoms with Crippen molar-refractivity contribution in [2.45, 2.75) is 26.7 Å². The first-order valence-corrected chi connectivity index (χ1v) is 6.40. The molecule has 1 N–H and O–H groups in total. The third kappa shape index (κ3) is 2.96. The van der Waals surface area contributed by atoms with Gasteiger partial charge in [0.2, 0.25) is 5.76 Å². The number of nitrogens with one attached hydrogen (secondary N) is 1. The van der Waals surface area contributed by atoms with Crippen LogP contribution in [0.1, 0.15) is 41.9 Å². The monoisotopic (exact) mass is 278 g/mol. The maximum Gasteiger partial charge on any atom is 0.293 e. The number of benzene rings is 1. The van der Waals surface area contributed by atoms with Crippen LogP contribution in [0.2, 0.25) is 5.02 Å². The molecular weight excluding hydrogens is 264 g/mol. The Morgan fingerprint density at radius 2 is 2.05 bits per heavy atom. The maximum atomic E-state index is 12.2. The molecule has 0 saturated carbocycles. The molecule has 100 valence electrons. The Kier molecular flexibility index (Phi) is 3.90. The zero-order chi connectivity index (χ0) is 14.0. The summed E-state index contributed by atoms with van der Waals surface area (Å²) in [4.78, 5) is 16.4. The van der Waals surface area contributed by atoms with E-state index in [1.165, 1.54) is 0 Å². The Hall–Kier alpha value is -1.81. The minimum Gasteiger partial charge on any atom is -0.436 e. The second kappa shape index (κ2) is 5.45. The lowest BCUT2D eigenvalue weighted by atomic mass is 10.1. The molecule has 19 heavy (non-hydrogen) atoms. The van der Waals surface area contributed by atoms with Crippen LogP contribution in [0.25, 0.3) is 0 Å². The molecule has 1 aromatic carbocycles. The topological polar surface area (TPSA) is 55.1 Å². The van der Waals surface area contributed by atoms with Crippen molar-refractivity contribution >= 4 is 23.2 Å². The number of rotatable bonds is 3. The smallest absolute Gasteiger partial charge is 0.293 e. The summed E-state index contributed by atoms with van der Waals surface area (Å²) in [5.41, 5.74) is 1.21.